The van der Waals surface area contributed by atoms with Crippen LogP contribution >= 0.6 is 0 Å². The van der Waals surface area contributed by atoms with Gasteiger partial charge in [-0.05, 0) is 43.5 Å². The first-order chi connectivity index (χ1) is 13.7. The number of rotatable bonds is 4. The molecule has 2 aliphatic heterocycles. The Kier molecular flexibility index (Phi) is 5.81. The highest BCUT2D eigenvalue weighted by Crippen LogP contribution is 2.23. The lowest BCUT2D eigenvalue weighted by Crippen LogP contribution is -2.52. The largest absolute Gasteiger partial charge is 0.354 e. The van der Waals surface area contributed by atoms with E-state index < -0.39 is 0 Å². The monoisotopic (exact) mass is 380 g/mol. The molecule has 4 heterocycles. The molecule has 2 aromatic rings. The Hall–Kier alpha value is -2.54. The highest BCUT2D eigenvalue weighted by molar-refractivity contribution is 5.80. The van der Waals surface area contributed by atoms with Gasteiger partial charge < -0.3 is 9.80 Å². The lowest BCUT2D eigenvalue weighted by atomic mass is 9.96. The standard InChI is InChI=1S/C21H28N6O/c1-17-6-7-20(24-23-17)27-9-3-5-19(16-27)21(28)26-12-10-25(11-13-26)15-18-4-2-8-22-14-18/h2,4,6-8,14,19H,3,5,9-13,15-16H2,1H3. The van der Waals surface area contributed by atoms with Crippen LogP contribution in [-0.2, 0) is 11.3 Å². The zero-order valence-corrected chi connectivity index (χ0v) is 16.5. The molecule has 1 amide bonds. The van der Waals surface area contributed by atoms with Crippen molar-refractivity contribution in [2.24, 2.45) is 5.92 Å². The summed E-state index contributed by atoms with van der Waals surface area (Å²) in [7, 11) is 0. The summed E-state index contributed by atoms with van der Waals surface area (Å²) in [5.41, 5.74) is 2.14. The Balaban J connectivity index is 1.30. The van der Waals surface area contributed by atoms with Crippen molar-refractivity contribution < 1.29 is 4.79 Å². The average Bonchev–Trinajstić information content (AvgIpc) is 2.75. The van der Waals surface area contributed by atoms with Gasteiger partial charge in [-0.3, -0.25) is 14.7 Å². The van der Waals surface area contributed by atoms with Crippen LogP contribution < -0.4 is 4.90 Å². The third-order valence-electron chi connectivity index (χ3n) is 5.69. The van der Waals surface area contributed by atoms with E-state index in [0.29, 0.717) is 5.91 Å². The van der Waals surface area contributed by atoms with Crippen molar-refractivity contribution in [3.63, 3.8) is 0 Å². The summed E-state index contributed by atoms with van der Waals surface area (Å²) in [5, 5.41) is 8.46. The number of pyridine rings is 1. The summed E-state index contributed by atoms with van der Waals surface area (Å²) in [5.74, 6) is 1.23. The van der Waals surface area contributed by atoms with Gasteiger partial charge in [0.05, 0.1) is 11.6 Å². The first-order valence-electron chi connectivity index (χ1n) is 10.1. The normalized spacial score (nSPS) is 21.0. The fourth-order valence-electron chi connectivity index (χ4n) is 4.08. The van der Waals surface area contributed by atoms with Gasteiger partial charge in [-0.2, -0.15) is 5.10 Å². The van der Waals surface area contributed by atoms with Crippen LogP contribution in [0.1, 0.15) is 24.1 Å². The third-order valence-corrected chi connectivity index (χ3v) is 5.69. The lowest BCUT2D eigenvalue weighted by molar-refractivity contribution is -0.137. The van der Waals surface area contributed by atoms with Crippen LogP contribution in [0, 0.1) is 12.8 Å². The summed E-state index contributed by atoms with van der Waals surface area (Å²) in [6, 6.07) is 8.07. The minimum Gasteiger partial charge on any atom is -0.354 e. The summed E-state index contributed by atoms with van der Waals surface area (Å²) < 4.78 is 0. The van der Waals surface area contributed by atoms with Crippen LogP contribution in [0.2, 0.25) is 0 Å². The number of carbonyl (C=O) groups excluding carboxylic acids is 1. The first kappa shape index (κ1) is 18.8. The van der Waals surface area contributed by atoms with Crippen molar-refractivity contribution in [3.8, 4) is 0 Å². The molecule has 0 radical (unpaired) electrons. The number of piperidine rings is 1. The van der Waals surface area contributed by atoms with E-state index in [9.17, 15) is 4.79 Å². The molecule has 1 unspecified atom stereocenters. The van der Waals surface area contributed by atoms with E-state index in [1.807, 2.05) is 31.3 Å². The molecule has 0 aliphatic carbocycles. The average molecular weight is 380 g/mol. The highest BCUT2D eigenvalue weighted by Gasteiger charge is 2.31. The van der Waals surface area contributed by atoms with E-state index in [0.717, 1.165) is 70.2 Å². The number of aromatic nitrogens is 3. The number of piperazine rings is 1. The van der Waals surface area contributed by atoms with Gasteiger partial charge in [0.25, 0.3) is 0 Å². The number of nitrogens with zero attached hydrogens (tertiary/aromatic N) is 6. The maximum Gasteiger partial charge on any atom is 0.227 e. The quantitative estimate of drug-likeness (QED) is 0.805. The van der Waals surface area contributed by atoms with E-state index >= 15 is 0 Å². The van der Waals surface area contributed by atoms with Gasteiger partial charge in [-0.15, -0.1) is 5.10 Å². The third kappa shape index (κ3) is 4.47. The molecule has 0 N–H and O–H groups in total. The van der Waals surface area contributed by atoms with E-state index in [4.69, 9.17) is 0 Å². The second-order valence-corrected chi connectivity index (χ2v) is 7.78. The molecule has 1 atom stereocenters. The van der Waals surface area contributed by atoms with Crippen LogP contribution in [0.5, 0.6) is 0 Å². The predicted molar refractivity (Wildman–Crippen MR) is 108 cm³/mol. The molecular formula is C21H28N6O. The smallest absolute Gasteiger partial charge is 0.227 e. The van der Waals surface area contributed by atoms with Gasteiger partial charge in [0, 0.05) is 58.2 Å². The Morgan fingerprint density at radius 1 is 1.11 bits per heavy atom. The zero-order valence-electron chi connectivity index (χ0n) is 16.5. The van der Waals surface area contributed by atoms with Gasteiger partial charge in [-0.25, -0.2) is 0 Å². The number of aryl methyl sites for hydroxylation is 1. The molecule has 4 rings (SSSR count). The molecule has 7 heteroatoms. The predicted octanol–water partition coefficient (Wildman–Crippen LogP) is 1.74. The molecule has 2 aromatic heterocycles. The first-order valence-corrected chi connectivity index (χ1v) is 10.1. The minimum absolute atomic E-state index is 0.0572. The molecule has 148 valence electrons. The molecule has 2 saturated heterocycles. The van der Waals surface area contributed by atoms with Gasteiger partial charge in [0.1, 0.15) is 0 Å². The van der Waals surface area contributed by atoms with Crippen molar-refractivity contribution in [1.82, 2.24) is 25.0 Å². The van der Waals surface area contributed by atoms with E-state index in [-0.39, 0.29) is 5.92 Å². The number of hydrogen-bond acceptors (Lipinski definition) is 6. The topological polar surface area (TPSA) is 65.5 Å². The SMILES string of the molecule is Cc1ccc(N2CCCC(C(=O)N3CCN(Cc4cccnc4)CC3)C2)nn1. The fourth-order valence-corrected chi connectivity index (χ4v) is 4.08. The van der Waals surface area contributed by atoms with E-state index in [1.54, 1.807) is 6.20 Å². The van der Waals surface area contributed by atoms with Crippen LogP contribution in [0.3, 0.4) is 0 Å². The van der Waals surface area contributed by atoms with Gasteiger partial charge in [-0.1, -0.05) is 6.07 Å². The Morgan fingerprint density at radius 2 is 1.96 bits per heavy atom. The van der Waals surface area contributed by atoms with Crippen molar-refractivity contribution in [2.75, 3.05) is 44.2 Å². The minimum atomic E-state index is 0.0572. The maximum atomic E-state index is 13.1. The van der Waals surface area contributed by atoms with Gasteiger partial charge in [0.2, 0.25) is 5.91 Å². The number of hydrogen-bond donors (Lipinski definition) is 0. The summed E-state index contributed by atoms with van der Waals surface area (Å²) in [6.07, 6.45) is 5.70. The second kappa shape index (κ2) is 8.65. The van der Waals surface area contributed by atoms with Crippen molar-refractivity contribution in [1.29, 1.82) is 0 Å². The second-order valence-electron chi connectivity index (χ2n) is 7.78. The number of amides is 1. The summed E-state index contributed by atoms with van der Waals surface area (Å²) in [6.45, 7) is 7.97. The summed E-state index contributed by atoms with van der Waals surface area (Å²) in [4.78, 5) is 23.9. The van der Waals surface area contributed by atoms with Gasteiger partial charge in [0.15, 0.2) is 5.82 Å². The Labute approximate surface area is 166 Å². The fraction of sp³-hybridized carbons (Fsp3) is 0.524. The molecular weight excluding hydrogens is 352 g/mol. The number of carbonyl (C=O) groups is 1. The van der Waals surface area contributed by atoms with Crippen LogP contribution in [0.25, 0.3) is 0 Å². The lowest BCUT2D eigenvalue weighted by Gasteiger charge is -2.39. The van der Waals surface area contributed by atoms with Crippen molar-refractivity contribution >= 4 is 11.7 Å². The molecule has 0 saturated carbocycles. The molecule has 0 bridgehead atoms. The van der Waals surface area contributed by atoms with Crippen molar-refractivity contribution in [3.05, 3.63) is 47.9 Å². The van der Waals surface area contributed by atoms with Crippen LogP contribution in [0.4, 0.5) is 5.82 Å². The molecule has 2 fully saturated rings. The molecule has 2 aliphatic rings. The zero-order chi connectivity index (χ0) is 19.3. The van der Waals surface area contributed by atoms with Crippen LogP contribution in [-0.4, -0.2) is 70.2 Å². The Bertz CT molecular complexity index is 773. The van der Waals surface area contributed by atoms with E-state index in [2.05, 4.69) is 35.9 Å². The molecule has 28 heavy (non-hydrogen) atoms. The van der Waals surface area contributed by atoms with E-state index in [1.165, 1.54) is 5.56 Å². The molecule has 0 spiro atoms. The molecule has 0 aromatic carbocycles. The van der Waals surface area contributed by atoms with Gasteiger partial charge >= 0.3 is 0 Å². The number of anilines is 1. The van der Waals surface area contributed by atoms with Crippen molar-refractivity contribution in [2.45, 2.75) is 26.3 Å². The molecule has 7 nitrogen and oxygen atoms in total. The maximum absolute atomic E-state index is 13.1. The van der Waals surface area contributed by atoms with Crippen LogP contribution in [0.15, 0.2) is 36.7 Å². The highest BCUT2D eigenvalue weighted by atomic mass is 16.2. The summed E-state index contributed by atoms with van der Waals surface area (Å²) >= 11 is 0. The Morgan fingerprint density at radius 3 is 2.68 bits per heavy atom.